The summed E-state index contributed by atoms with van der Waals surface area (Å²) < 4.78 is 10.6. The number of carbonyl (C=O) groups is 1. The van der Waals surface area contributed by atoms with Gasteiger partial charge >= 0.3 is 5.97 Å². The van der Waals surface area contributed by atoms with Crippen molar-refractivity contribution in [2.45, 2.75) is 25.3 Å². The van der Waals surface area contributed by atoms with Gasteiger partial charge in [0.1, 0.15) is 5.75 Å². The van der Waals surface area contributed by atoms with Crippen LogP contribution in [0.25, 0.3) is 0 Å². The van der Waals surface area contributed by atoms with Crippen molar-refractivity contribution in [1.29, 1.82) is 0 Å². The van der Waals surface area contributed by atoms with E-state index in [2.05, 4.69) is 29.6 Å². The Morgan fingerprint density at radius 1 is 1.23 bits per heavy atom. The topological polar surface area (TPSA) is 47.6 Å². The van der Waals surface area contributed by atoms with Crippen molar-refractivity contribution in [2.75, 3.05) is 19.0 Å². The number of benzene rings is 2. The number of methoxy groups -OCH3 is 1. The van der Waals surface area contributed by atoms with E-state index in [0.717, 1.165) is 17.9 Å². The standard InChI is InChI=1S/C22H23NO3/c1-3-26-22(24)15-10-11-20-19(13-15)17-8-5-9-18(17)21(23-20)14-6-4-7-16(12-14)25-2/h4-8,10-13,17-18,21,23H,3,9H2,1-2H3/t17-,18+,21+/m1/s1. The number of ether oxygens (including phenoxy) is 2. The summed E-state index contributed by atoms with van der Waals surface area (Å²) in [5.41, 5.74) is 4.10. The van der Waals surface area contributed by atoms with E-state index in [-0.39, 0.29) is 12.0 Å². The predicted molar refractivity (Wildman–Crippen MR) is 102 cm³/mol. The molecule has 1 aliphatic heterocycles. The molecule has 0 unspecified atom stereocenters. The van der Waals surface area contributed by atoms with Crippen LogP contribution in [-0.4, -0.2) is 19.7 Å². The largest absolute Gasteiger partial charge is 0.497 e. The Labute approximate surface area is 153 Å². The first kappa shape index (κ1) is 16.7. The van der Waals surface area contributed by atoms with Gasteiger partial charge in [-0.2, -0.15) is 0 Å². The van der Waals surface area contributed by atoms with Crippen LogP contribution in [0.5, 0.6) is 5.75 Å². The molecule has 1 N–H and O–H groups in total. The maximum atomic E-state index is 12.1. The fourth-order valence-corrected chi connectivity index (χ4v) is 4.10. The number of esters is 1. The highest BCUT2D eigenvalue weighted by Gasteiger charge is 2.38. The van der Waals surface area contributed by atoms with Gasteiger partial charge in [-0.25, -0.2) is 4.79 Å². The van der Waals surface area contributed by atoms with Gasteiger partial charge in [0.05, 0.1) is 25.3 Å². The van der Waals surface area contributed by atoms with Crippen molar-refractivity contribution >= 4 is 11.7 Å². The molecule has 0 aromatic heterocycles. The van der Waals surface area contributed by atoms with Crippen LogP contribution >= 0.6 is 0 Å². The molecule has 4 heteroatoms. The monoisotopic (exact) mass is 349 g/mol. The van der Waals surface area contributed by atoms with E-state index in [4.69, 9.17) is 9.47 Å². The molecule has 0 amide bonds. The summed E-state index contributed by atoms with van der Waals surface area (Å²) in [5.74, 6) is 1.34. The first-order valence-electron chi connectivity index (χ1n) is 9.09. The predicted octanol–water partition coefficient (Wildman–Crippen LogP) is 4.70. The van der Waals surface area contributed by atoms with E-state index < -0.39 is 0 Å². The van der Waals surface area contributed by atoms with Gasteiger partial charge < -0.3 is 14.8 Å². The molecule has 0 spiro atoms. The lowest BCUT2D eigenvalue weighted by atomic mass is 9.76. The number of rotatable bonds is 4. The van der Waals surface area contributed by atoms with E-state index in [1.54, 1.807) is 7.11 Å². The normalized spacial score (nSPS) is 22.9. The van der Waals surface area contributed by atoms with Gasteiger partial charge in [-0.3, -0.25) is 0 Å². The molecule has 2 aliphatic rings. The zero-order valence-electron chi connectivity index (χ0n) is 15.1. The lowest BCUT2D eigenvalue weighted by Gasteiger charge is -2.37. The van der Waals surface area contributed by atoms with Crippen LogP contribution in [0.2, 0.25) is 0 Å². The Kier molecular flexibility index (Phi) is 4.41. The minimum absolute atomic E-state index is 0.214. The summed E-state index contributed by atoms with van der Waals surface area (Å²) in [6.45, 7) is 2.21. The molecule has 1 aliphatic carbocycles. The zero-order valence-corrected chi connectivity index (χ0v) is 15.1. The van der Waals surface area contributed by atoms with E-state index in [0.29, 0.717) is 24.0 Å². The molecule has 1 heterocycles. The molecular weight excluding hydrogens is 326 g/mol. The highest BCUT2D eigenvalue weighted by Crippen LogP contribution is 2.50. The number of carbonyl (C=O) groups excluding carboxylic acids is 1. The second-order valence-electron chi connectivity index (χ2n) is 6.77. The first-order chi connectivity index (χ1) is 12.7. The van der Waals surface area contributed by atoms with Gasteiger partial charge in [-0.15, -0.1) is 0 Å². The van der Waals surface area contributed by atoms with Crippen LogP contribution in [0.1, 0.15) is 46.8 Å². The number of hydrogen-bond acceptors (Lipinski definition) is 4. The quantitative estimate of drug-likeness (QED) is 0.642. The van der Waals surface area contributed by atoms with Gasteiger partial charge in [-0.05, 0) is 60.7 Å². The second kappa shape index (κ2) is 6.87. The van der Waals surface area contributed by atoms with Crippen molar-refractivity contribution in [3.8, 4) is 5.75 Å². The molecule has 0 saturated heterocycles. The smallest absolute Gasteiger partial charge is 0.338 e. The SMILES string of the molecule is CCOC(=O)c1ccc2c(c1)[C@@H]1C=CC[C@@H]1[C@H](c1cccc(OC)c1)N2. The molecule has 4 rings (SSSR count). The first-order valence-corrected chi connectivity index (χ1v) is 9.09. The number of nitrogens with one attached hydrogen (secondary N) is 1. The maximum Gasteiger partial charge on any atom is 0.338 e. The molecule has 134 valence electrons. The number of anilines is 1. The van der Waals surface area contributed by atoms with E-state index in [1.165, 1.54) is 11.1 Å². The van der Waals surface area contributed by atoms with Crippen molar-refractivity contribution in [3.63, 3.8) is 0 Å². The highest BCUT2D eigenvalue weighted by molar-refractivity contribution is 5.90. The molecule has 0 saturated carbocycles. The zero-order chi connectivity index (χ0) is 18.1. The summed E-state index contributed by atoms with van der Waals surface area (Å²) in [6, 6.07) is 14.3. The fraction of sp³-hybridized carbons (Fsp3) is 0.318. The van der Waals surface area contributed by atoms with Crippen LogP contribution in [0.15, 0.2) is 54.6 Å². The number of fused-ring (bicyclic) bond motifs is 3. The Hall–Kier alpha value is -2.75. The molecule has 4 nitrogen and oxygen atoms in total. The van der Waals surface area contributed by atoms with Crippen LogP contribution in [-0.2, 0) is 4.74 Å². The minimum atomic E-state index is -0.260. The summed E-state index contributed by atoms with van der Waals surface area (Å²) in [4.78, 5) is 12.1. The van der Waals surface area contributed by atoms with E-state index >= 15 is 0 Å². The van der Waals surface area contributed by atoms with Crippen LogP contribution < -0.4 is 10.1 Å². The molecule has 0 radical (unpaired) electrons. The molecule has 26 heavy (non-hydrogen) atoms. The Morgan fingerprint density at radius 3 is 2.92 bits per heavy atom. The second-order valence-corrected chi connectivity index (χ2v) is 6.77. The fourth-order valence-electron chi connectivity index (χ4n) is 4.10. The van der Waals surface area contributed by atoms with Gasteiger partial charge in [0.2, 0.25) is 0 Å². The Bertz CT molecular complexity index is 858. The summed E-state index contributed by atoms with van der Waals surface area (Å²) in [7, 11) is 1.69. The third kappa shape index (κ3) is 2.85. The maximum absolute atomic E-state index is 12.1. The Morgan fingerprint density at radius 2 is 2.12 bits per heavy atom. The lowest BCUT2D eigenvalue weighted by molar-refractivity contribution is 0.0526. The molecule has 2 aromatic rings. The molecule has 0 bridgehead atoms. The lowest BCUT2D eigenvalue weighted by Crippen LogP contribution is -2.29. The summed E-state index contributed by atoms with van der Waals surface area (Å²) in [6.07, 6.45) is 5.53. The minimum Gasteiger partial charge on any atom is -0.497 e. The molecule has 0 fully saturated rings. The molecular formula is C22H23NO3. The third-order valence-corrected chi connectivity index (χ3v) is 5.33. The van der Waals surface area contributed by atoms with Gasteiger partial charge in [0, 0.05) is 11.6 Å². The third-order valence-electron chi connectivity index (χ3n) is 5.33. The van der Waals surface area contributed by atoms with Crippen molar-refractivity contribution in [2.24, 2.45) is 5.92 Å². The molecule has 3 atom stereocenters. The molecule has 2 aromatic carbocycles. The van der Waals surface area contributed by atoms with Crippen molar-refractivity contribution in [1.82, 2.24) is 0 Å². The average Bonchev–Trinajstić information content (AvgIpc) is 3.17. The summed E-state index contributed by atoms with van der Waals surface area (Å²) >= 11 is 0. The Balaban J connectivity index is 1.71. The summed E-state index contributed by atoms with van der Waals surface area (Å²) in [5, 5.41) is 3.69. The number of allylic oxidation sites excluding steroid dienone is 2. The van der Waals surface area contributed by atoms with Crippen molar-refractivity contribution < 1.29 is 14.3 Å². The van der Waals surface area contributed by atoms with Crippen LogP contribution in [0.3, 0.4) is 0 Å². The number of hydrogen-bond donors (Lipinski definition) is 1. The van der Waals surface area contributed by atoms with Crippen molar-refractivity contribution in [3.05, 3.63) is 71.3 Å². The van der Waals surface area contributed by atoms with Gasteiger partial charge in [-0.1, -0.05) is 24.3 Å². The average molecular weight is 349 g/mol. The van der Waals surface area contributed by atoms with E-state index in [1.807, 2.05) is 37.3 Å². The van der Waals surface area contributed by atoms with Gasteiger partial charge in [0.25, 0.3) is 0 Å². The van der Waals surface area contributed by atoms with Crippen LogP contribution in [0, 0.1) is 5.92 Å². The van der Waals surface area contributed by atoms with E-state index in [9.17, 15) is 4.79 Å². The van der Waals surface area contributed by atoms with Gasteiger partial charge in [0.15, 0.2) is 0 Å². The highest BCUT2D eigenvalue weighted by atomic mass is 16.5. The van der Waals surface area contributed by atoms with Crippen LogP contribution in [0.4, 0.5) is 5.69 Å².